The lowest BCUT2D eigenvalue weighted by Crippen LogP contribution is -2.46. The van der Waals surface area contributed by atoms with Gasteiger partial charge in [0.15, 0.2) is 0 Å². The Balaban J connectivity index is 4.12. The highest BCUT2D eigenvalue weighted by molar-refractivity contribution is 7.47. The maximum Gasteiger partial charge on any atom is 0.472 e. The van der Waals surface area contributed by atoms with Gasteiger partial charge < -0.3 is 19.8 Å². The van der Waals surface area contributed by atoms with Crippen LogP contribution < -0.4 is 5.32 Å². The number of phosphoric ester groups is 1. The van der Waals surface area contributed by atoms with E-state index < -0.39 is 20.0 Å². The monoisotopic (exact) mass is 1100 g/mol. The van der Waals surface area contributed by atoms with Crippen LogP contribution in [0.3, 0.4) is 0 Å². The number of amides is 1. The number of hydrogen-bond donors (Lipinski definition) is 3. The molecule has 3 N–H and O–H groups in total. The third-order valence-corrected chi connectivity index (χ3v) is 15.7. The Bertz CT molecular complexity index is 1480. The van der Waals surface area contributed by atoms with Crippen LogP contribution in [0.15, 0.2) is 72.9 Å². The standard InChI is InChI=1S/C68H127N2O6P/c1-6-8-10-12-14-16-18-20-22-24-26-28-30-32-34-36-37-39-41-43-45-47-49-51-53-55-57-59-61-67(71)66(65-76-77(73,74)75-64-63-70(3,4)5)69-68(72)62-60-58-56-54-52-50-48-46-44-42-40-38-35-33-31-29-27-25-23-21-19-17-15-13-11-9-7-2/h9,11,15,17,21,23,27,29,33,35,40,42,66-67,71H,6-8,10,12-14,16,18-20,22,24-26,28,30-32,34,36-39,41,43-65H2,1-5H3,(H-,69,72,73,74)/p+1/b11-9-,17-15-,23-21-,29-27-,35-33-,42-40-. The number of nitrogens with one attached hydrogen (secondary N) is 1. The first-order valence-corrected chi connectivity index (χ1v) is 34.3. The molecule has 0 radical (unpaired) electrons. The van der Waals surface area contributed by atoms with E-state index in [1.54, 1.807) is 0 Å². The third-order valence-electron chi connectivity index (χ3n) is 14.7. The van der Waals surface area contributed by atoms with Gasteiger partial charge in [-0.1, -0.05) is 305 Å². The van der Waals surface area contributed by atoms with Crippen molar-refractivity contribution in [2.45, 2.75) is 315 Å². The molecule has 3 unspecified atom stereocenters. The highest BCUT2D eigenvalue weighted by atomic mass is 31.2. The van der Waals surface area contributed by atoms with Crippen LogP contribution in [0.2, 0.25) is 0 Å². The average molecular weight is 1100 g/mol. The Hall–Kier alpha value is -2.06. The molecular formula is C68H128N2O6P+. The van der Waals surface area contributed by atoms with Crippen LogP contribution in [0.4, 0.5) is 0 Å². The van der Waals surface area contributed by atoms with Crippen LogP contribution >= 0.6 is 7.82 Å². The van der Waals surface area contributed by atoms with Crippen molar-refractivity contribution in [3.05, 3.63) is 72.9 Å². The SMILES string of the molecule is CC/C=C\C/C=C\C/C=C\C/C=C\C/C=C\C/C=C\CCCCCCCCCCC(=O)NC(COP(=O)(O)OCC[N+](C)(C)C)C(O)CCCCCCCCCCCCCCCCCCCCCCCCCCCCCC. The van der Waals surface area contributed by atoms with Gasteiger partial charge in [0, 0.05) is 6.42 Å². The second-order valence-electron chi connectivity index (χ2n) is 23.5. The molecule has 0 fully saturated rings. The van der Waals surface area contributed by atoms with Crippen molar-refractivity contribution in [1.29, 1.82) is 0 Å². The van der Waals surface area contributed by atoms with Gasteiger partial charge in [-0.25, -0.2) is 4.57 Å². The van der Waals surface area contributed by atoms with Gasteiger partial charge in [0.05, 0.1) is 39.9 Å². The molecule has 0 aliphatic carbocycles. The number of hydrogen-bond acceptors (Lipinski definition) is 5. The summed E-state index contributed by atoms with van der Waals surface area (Å²) in [5.41, 5.74) is 0. The fraction of sp³-hybridized carbons (Fsp3) is 0.809. The number of likely N-dealkylation sites (N-methyl/N-ethyl adjacent to an activating group) is 1. The normalized spacial score (nSPS) is 14.2. The third kappa shape index (κ3) is 61.4. The molecule has 8 nitrogen and oxygen atoms in total. The number of unbranched alkanes of at least 4 members (excludes halogenated alkanes) is 35. The number of quaternary nitrogens is 1. The molecule has 0 saturated heterocycles. The molecule has 0 aromatic carbocycles. The van der Waals surface area contributed by atoms with Gasteiger partial charge in [-0.2, -0.15) is 0 Å². The van der Waals surface area contributed by atoms with Crippen molar-refractivity contribution in [3.63, 3.8) is 0 Å². The molecule has 0 aliphatic rings. The lowest BCUT2D eigenvalue weighted by Gasteiger charge is -2.26. The van der Waals surface area contributed by atoms with E-state index in [4.69, 9.17) is 9.05 Å². The summed E-state index contributed by atoms with van der Waals surface area (Å²) in [4.78, 5) is 23.4. The summed E-state index contributed by atoms with van der Waals surface area (Å²) in [6.45, 7) is 4.80. The predicted octanol–water partition coefficient (Wildman–Crippen LogP) is 20.6. The fourth-order valence-electron chi connectivity index (χ4n) is 9.64. The smallest absolute Gasteiger partial charge is 0.391 e. The summed E-state index contributed by atoms with van der Waals surface area (Å²) >= 11 is 0. The van der Waals surface area contributed by atoms with Crippen molar-refractivity contribution in [3.8, 4) is 0 Å². The minimum absolute atomic E-state index is 0.0703. The molecule has 3 atom stereocenters. The number of carbonyl (C=O) groups excluding carboxylic acids is 1. The Morgan fingerprint density at radius 3 is 1.14 bits per heavy atom. The molecule has 77 heavy (non-hydrogen) atoms. The molecule has 0 aliphatic heterocycles. The van der Waals surface area contributed by atoms with Gasteiger partial charge in [0.2, 0.25) is 5.91 Å². The number of allylic oxidation sites excluding steroid dienone is 12. The summed E-state index contributed by atoms with van der Waals surface area (Å²) in [5, 5.41) is 14.1. The van der Waals surface area contributed by atoms with E-state index in [0.717, 1.165) is 83.5 Å². The summed E-state index contributed by atoms with van der Waals surface area (Å²) in [6.07, 6.45) is 81.2. The van der Waals surface area contributed by atoms with Gasteiger partial charge >= 0.3 is 7.82 Å². The maximum atomic E-state index is 13.1. The van der Waals surface area contributed by atoms with E-state index in [0.29, 0.717) is 23.9 Å². The van der Waals surface area contributed by atoms with Crippen molar-refractivity contribution >= 4 is 13.7 Å². The number of rotatable bonds is 60. The average Bonchev–Trinajstić information content (AvgIpc) is 3.39. The molecule has 1 amide bonds. The number of phosphoric acid groups is 1. The molecule has 0 saturated carbocycles. The second kappa shape index (κ2) is 58.6. The topological polar surface area (TPSA) is 105 Å². The predicted molar refractivity (Wildman–Crippen MR) is 337 cm³/mol. The van der Waals surface area contributed by atoms with Crippen LogP contribution in [0.5, 0.6) is 0 Å². The second-order valence-corrected chi connectivity index (χ2v) is 24.9. The van der Waals surface area contributed by atoms with E-state index in [-0.39, 0.29) is 19.1 Å². The molecule has 0 aromatic heterocycles. The van der Waals surface area contributed by atoms with E-state index >= 15 is 0 Å². The number of nitrogens with zero attached hydrogens (tertiary/aromatic N) is 1. The molecule has 0 heterocycles. The fourth-order valence-corrected chi connectivity index (χ4v) is 10.4. The van der Waals surface area contributed by atoms with Crippen LogP contribution in [0, 0.1) is 0 Å². The first-order chi connectivity index (χ1) is 37.5. The van der Waals surface area contributed by atoms with Gasteiger partial charge in [-0.3, -0.25) is 13.8 Å². The van der Waals surface area contributed by atoms with Crippen LogP contribution in [-0.2, 0) is 18.4 Å². The number of aliphatic hydroxyl groups excluding tert-OH is 1. The Morgan fingerprint density at radius 2 is 0.779 bits per heavy atom. The van der Waals surface area contributed by atoms with Crippen LogP contribution in [0.25, 0.3) is 0 Å². The van der Waals surface area contributed by atoms with E-state index in [2.05, 4.69) is 92.1 Å². The molecule has 0 aromatic rings. The number of carbonyl (C=O) groups is 1. The maximum absolute atomic E-state index is 13.1. The summed E-state index contributed by atoms with van der Waals surface area (Å²) in [6, 6.07) is -0.771. The highest BCUT2D eigenvalue weighted by Gasteiger charge is 2.28. The Kier molecular flexibility index (Phi) is 57.0. The van der Waals surface area contributed by atoms with Gasteiger partial charge in [-0.05, 0) is 64.2 Å². The quantitative estimate of drug-likeness (QED) is 0.0243. The van der Waals surface area contributed by atoms with Crippen molar-refractivity contribution in [2.75, 3.05) is 40.9 Å². The Morgan fingerprint density at radius 1 is 0.455 bits per heavy atom. The minimum atomic E-state index is -4.34. The Labute approximate surface area is 478 Å². The first-order valence-electron chi connectivity index (χ1n) is 32.8. The zero-order chi connectivity index (χ0) is 56.3. The summed E-state index contributed by atoms with van der Waals surface area (Å²) < 4.78 is 23.9. The van der Waals surface area contributed by atoms with Gasteiger partial charge in [0.25, 0.3) is 0 Å². The zero-order valence-electron chi connectivity index (χ0n) is 51.4. The summed E-state index contributed by atoms with van der Waals surface area (Å²) in [5.74, 6) is -0.152. The minimum Gasteiger partial charge on any atom is -0.391 e. The van der Waals surface area contributed by atoms with E-state index in [1.165, 1.54) is 193 Å². The zero-order valence-corrected chi connectivity index (χ0v) is 52.3. The lowest BCUT2D eigenvalue weighted by atomic mass is 10.0. The van der Waals surface area contributed by atoms with E-state index in [9.17, 15) is 19.4 Å². The molecule has 0 rings (SSSR count). The molecule has 9 heteroatoms. The molecule has 450 valence electrons. The molecule has 0 bridgehead atoms. The van der Waals surface area contributed by atoms with Gasteiger partial charge in [0.1, 0.15) is 13.2 Å². The van der Waals surface area contributed by atoms with Crippen molar-refractivity contribution in [2.24, 2.45) is 0 Å². The molecule has 0 spiro atoms. The van der Waals surface area contributed by atoms with Crippen molar-refractivity contribution in [1.82, 2.24) is 5.32 Å². The summed E-state index contributed by atoms with van der Waals surface area (Å²) in [7, 11) is 1.61. The number of aliphatic hydroxyl groups is 1. The van der Waals surface area contributed by atoms with Crippen LogP contribution in [0.1, 0.15) is 303 Å². The van der Waals surface area contributed by atoms with Gasteiger partial charge in [-0.15, -0.1) is 0 Å². The van der Waals surface area contributed by atoms with E-state index in [1.807, 2.05) is 21.1 Å². The largest absolute Gasteiger partial charge is 0.472 e. The first kappa shape index (κ1) is 74.9. The lowest BCUT2D eigenvalue weighted by molar-refractivity contribution is -0.870. The van der Waals surface area contributed by atoms with Crippen molar-refractivity contribution < 1.29 is 32.9 Å². The van der Waals surface area contributed by atoms with Crippen LogP contribution in [-0.4, -0.2) is 73.4 Å². The molecular weight excluding hydrogens is 972 g/mol. The highest BCUT2D eigenvalue weighted by Crippen LogP contribution is 2.43.